The van der Waals surface area contributed by atoms with Crippen LogP contribution >= 0.6 is 0 Å². The van der Waals surface area contributed by atoms with E-state index in [4.69, 9.17) is 0 Å². The van der Waals surface area contributed by atoms with Gasteiger partial charge in [0.1, 0.15) is 5.78 Å². The number of fused-ring (bicyclic) bond motifs is 1. The summed E-state index contributed by atoms with van der Waals surface area (Å²) in [5.74, 6) is 0.222. The van der Waals surface area contributed by atoms with Crippen LogP contribution in [-0.2, 0) is 4.79 Å². The van der Waals surface area contributed by atoms with E-state index in [9.17, 15) is 4.79 Å². The molecule has 0 N–H and O–H groups in total. The molecule has 1 aromatic carbocycles. The molecular formula is C14H16N2O. The highest BCUT2D eigenvalue weighted by Gasteiger charge is 2.22. The highest BCUT2D eigenvalue weighted by atomic mass is 16.1. The Morgan fingerprint density at radius 1 is 1.18 bits per heavy atom. The van der Waals surface area contributed by atoms with Crippen molar-refractivity contribution in [1.29, 1.82) is 0 Å². The van der Waals surface area contributed by atoms with Gasteiger partial charge in [-0.25, -0.2) is 4.98 Å². The molecule has 1 aromatic heterocycles. The van der Waals surface area contributed by atoms with E-state index in [2.05, 4.69) is 9.97 Å². The van der Waals surface area contributed by atoms with Crippen molar-refractivity contribution < 1.29 is 4.79 Å². The minimum absolute atomic E-state index is 0.143. The molecule has 2 rings (SSSR count). The van der Waals surface area contributed by atoms with Crippen LogP contribution in [0.3, 0.4) is 0 Å². The Morgan fingerprint density at radius 3 is 2.41 bits per heavy atom. The zero-order chi connectivity index (χ0) is 12.4. The number of nitrogens with zero attached hydrogens (tertiary/aromatic N) is 2. The molecule has 0 spiro atoms. The Bertz CT molecular complexity index is 549. The first kappa shape index (κ1) is 11.7. The van der Waals surface area contributed by atoms with E-state index in [1.54, 1.807) is 13.1 Å². The molecule has 88 valence electrons. The number of Topliss-reactive ketones (excluding diaryl/α,β-unsaturated/α-hetero) is 1. The van der Waals surface area contributed by atoms with E-state index in [0.29, 0.717) is 0 Å². The molecule has 0 saturated carbocycles. The first-order chi connectivity index (χ1) is 8.09. The second-order valence-electron chi connectivity index (χ2n) is 4.62. The minimum atomic E-state index is -0.160. The number of aromatic nitrogens is 2. The molecule has 0 aliphatic rings. The van der Waals surface area contributed by atoms with Gasteiger partial charge in [-0.1, -0.05) is 26.0 Å². The van der Waals surface area contributed by atoms with Gasteiger partial charge in [-0.2, -0.15) is 0 Å². The van der Waals surface area contributed by atoms with Crippen molar-refractivity contribution in [3.63, 3.8) is 0 Å². The molecule has 3 nitrogen and oxygen atoms in total. The number of hydrogen-bond donors (Lipinski definition) is 0. The lowest BCUT2D eigenvalue weighted by Crippen LogP contribution is -2.17. The number of para-hydroxylation sites is 2. The van der Waals surface area contributed by atoms with Gasteiger partial charge in [0.05, 0.1) is 22.6 Å². The van der Waals surface area contributed by atoms with Gasteiger partial charge in [0.25, 0.3) is 0 Å². The fourth-order valence-corrected chi connectivity index (χ4v) is 2.14. The monoisotopic (exact) mass is 228 g/mol. The Labute approximate surface area is 101 Å². The molecule has 1 atom stereocenters. The van der Waals surface area contributed by atoms with E-state index in [0.717, 1.165) is 16.7 Å². The van der Waals surface area contributed by atoms with E-state index in [1.165, 1.54) is 0 Å². The van der Waals surface area contributed by atoms with Crippen molar-refractivity contribution >= 4 is 16.8 Å². The van der Waals surface area contributed by atoms with Crippen LogP contribution < -0.4 is 0 Å². The summed E-state index contributed by atoms with van der Waals surface area (Å²) < 4.78 is 0. The van der Waals surface area contributed by atoms with Crippen molar-refractivity contribution in [2.75, 3.05) is 0 Å². The Hall–Kier alpha value is -1.77. The van der Waals surface area contributed by atoms with Crippen LogP contribution in [0, 0.1) is 5.92 Å². The maximum absolute atomic E-state index is 11.7. The van der Waals surface area contributed by atoms with Crippen LogP contribution in [-0.4, -0.2) is 15.8 Å². The maximum Gasteiger partial charge on any atom is 0.139 e. The second kappa shape index (κ2) is 4.62. The van der Waals surface area contributed by atoms with Gasteiger partial charge in [-0.15, -0.1) is 0 Å². The van der Waals surface area contributed by atoms with Crippen molar-refractivity contribution in [3.05, 3.63) is 36.2 Å². The molecule has 3 heteroatoms. The van der Waals surface area contributed by atoms with Crippen molar-refractivity contribution in [3.8, 4) is 0 Å². The molecule has 0 radical (unpaired) electrons. The summed E-state index contributed by atoms with van der Waals surface area (Å²) in [5.41, 5.74) is 2.48. The molecule has 1 unspecified atom stereocenters. The first-order valence-electron chi connectivity index (χ1n) is 5.81. The average Bonchev–Trinajstić information content (AvgIpc) is 2.28. The molecule has 0 aliphatic carbocycles. The number of ketones is 1. The predicted molar refractivity (Wildman–Crippen MR) is 67.8 cm³/mol. The fraction of sp³-hybridized carbons (Fsp3) is 0.357. The van der Waals surface area contributed by atoms with Crippen LogP contribution in [0.1, 0.15) is 32.4 Å². The largest absolute Gasteiger partial charge is 0.299 e. The topological polar surface area (TPSA) is 42.9 Å². The van der Waals surface area contributed by atoms with Crippen LogP contribution in [0.25, 0.3) is 11.0 Å². The molecule has 0 bridgehead atoms. The summed E-state index contributed by atoms with van der Waals surface area (Å²) in [4.78, 5) is 20.5. The molecular weight excluding hydrogens is 212 g/mol. The smallest absolute Gasteiger partial charge is 0.139 e. The summed E-state index contributed by atoms with van der Waals surface area (Å²) in [6, 6.07) is 7.70. The molecule has 0 amide bonds. The van der Waals surface area contributed by atoms with Gasteiger partial charge in [-0.3, -0.25) is 9.78 Å². The number of benzene rings is 1. The summed E-state index contributed by atoms with van der Waals surface area (Å²) >= 11 is 0. The molecule has 2 aromatic rings. The third-order valence-electron chi connectivity index (χ3n) is 2.89. The van der Waals surface area contributed by atoms with Crippen LogP contribution in [0.15, 0.2) is 30.5 Å². The molecule has 1 heterocycles. The van der Waals surface area contributed by atoms with Crippen molar-refractivity contribution in [2.45, 2.75) is 26.7 Å². The van der Waals surface area contributed by atoms with Crippen LogP contribution in [0.5, 0.6) is 0 Å². The first-order valence-corrected chi connectivity index (χ1v) is 5.81. The summed E-state index contributed by atoms with van der Waals surface area (Å²) in [6.45, 7) is 5.67. The number of rotatable bonds is 3. The number of hydrogen-bond acceptors (Lipinski definition) is 3. The standard InChI is InChI=1S/C14H16N2O/c1-9(2)14(10(3)17)13-8-15-11-6-4-5-7-12(11)16-13/h4-9,14H,1-3H3. The Morgan fingerprint density at radius 2 is 1.82 bits per heavy atom. The zero-order valence-corrected chi connectivity index (χ0v) is 10.3. The average molecular weight is 228 g/mol. The Kier molecular flexibility index (Phi) is 3.18. The van der Waals surface area contributed by atoms with E-state index >= 15 is 0 Å². The van der Waals surface area contributed by atoms with Crippen molar-refractivity contribution in [2.24, 2.45) is 5.92 Å². The highest BCUT2D eigenvalue weighted by Crippen LogP contribution is 2.24. The van der Waals surface area contributed by atoms with E-state index in [-0.39, 0.29) is 17.6 Å². The molecule has 0 aliphatic heterocycles. The summed E-state index contributed by atoms with van der Waals surface area (Å²) in [7, 11) is 0. The molecule has 0 fully saturated rings. The highest BCUT2D eigenvalue weighted by molar-refractivity contribution is 5.84. The third kappa shape index (κ3) is 2.33. The SMILES string of the molecule is CC(=O)C(c1cnc2ccccc2n1)C(C)C. The Balaban J connectivity index is 2.51. The maximum atomic E-state index is 11.7. The number of carbonyl (C=O) groups is 1. The quantitative estimate of drug-likeness (QED) is 0.811. The molecule has 0 saturated heterocycles. The normalized spacial score (nSPS) is 12.9. The second-order valence-corrected chi connectivity index (χ2v) is 4.62. The number of carbonyl (C=O) groups excluding carboxylic acids is 1. The van der Waals surface area contributed by atoms with Gasteiger partial charge in [0.2, 0.25) is 0 Å². The lowest BCUT2D eigenvalue weighted by Gasteiger charge is -2.16. The van der Waals surface area contributed by atoms with Crippen LogP contribution in [0.4, 0.5) is 0 Å². The fourth-order valence-electron chi connectivity index (χ4n) is 2.14. The third-order valence-corrected chi connectivity index (χ3v) is 2.89. The predicted octanol–water partition coefficient (Wildman–Crippen LogP) is 2.96. The van der Waals surface area contributed by atoms with Crippen molar-refractivity contribution in [1.82, 2.24) is 9.97 Å². The van der Waals surface area contributed by atoms with Gasteiger partial charge in [0.15, 0.2) is 0 Å². The lowest BCUT2D eigenvalue weighted by atomic mass is 9.89. The summed E-state index contributed by atoms with van der Waals surface area (Å²) in [6.07, 6.45) is 1.72. The van der Waals surface area contributed by atoms with Gasteiger partial charge in [-0.05, 0) is 25.0 Å². The zero-order valence-electron chi connectivity index (χ0n) is 10.3. The van der Waals surface area contributed by atoms with E-state index in [1.807, 2.05) is 38.1 Å². The summed E-state index contributed by atoms with van der Waals surface area (Å²) in [5, 5.41) is 0. The van der Waals surface area contributed by atoms with E-state index < -0.39 is 0 Å². The van der Waals surface area contributed by atoms with Gasteiger partial charge >= 0.3 is 0 Å². The minimum Gasteiger partial charge on any atom is -0.299 e. The van der Waals surface area contributed by atoms with Gasteiger partial charge < -0.3 is 0 Å². The molecule has 17 heavy (non-hydrogen) atoms. The lowest BCUT2D eigenvalue weighted by molar-refractivity contribution is -0.119. The van der Waals surface area contributed by atoms with Crippen LogP contribution in [0.2, 0.25) is 0 Å². The van der Waals surface area contributed by atoms with Gasteiger partial charge in [0, 0.05) is 6.20 Å².